The fourth-order valence-corrected chi connectivity index (χ4v) is 10.8. The lowest BCUT2D eigenvalue weighted by molar-refractivity contribution is -0.265. The summed E-state index contributed by atoms with van der Waals surface area (Å²) in [6.07, 6.45) is 5.40. The minimum atomic E-state index is -0.567. The Morgan fingerprint density at radius 2 is 1.44 bits per heavy atom. The second-order valence-electron chi connectivity index (χ2n) is 15.0. The highest BCUT2D eigenvalue weighted by Gasteiger charge is 2.74. The zero-order chi connectivity index (χ0) is 25.3. The molecule has 5 aliphatic carbocycles. The van der Waals surface area contributed by atoms with Gasteiger partial charge >= 0.3 is 0 Å². The minimum Gasteiger partial charge on any atom is -0.393 e. The van der Waals surface area contributed by atoms with Crippen LogP contribution >= 0.6 is 0 Å². The Hall–Kier alpha value is -1.03. The molecule has 0 saturated heterocycles. The molecule has 0 unspecified atom stereocenters. The Morgan fingerprint density at radius 1 is 0.794 bits per heavy atom. The number of aliphatic hydroxyl groups is 1. The van der Waals surface area contributed by atoms with E-state index in [1.54, 1.807) is 0 Å². The molecule has 5 aliphatic rings. The van der Waals surface area contributed by atoms with Gasteiger partial charge in [-0.15, -0.1) is 0 Å². The van der Waals surface area contributed by atoms with E-state index in [1.165, 1.54) is 0 Å². The molecule has 4 nitrogen and oxygen atoms in total. The van der Waals surface area contributed by atoms with Crippen molar-refractivity contribution in [1.29, 1.82) is 0 Å². The highest BCUT2D eigenvalue weighted by molar-refractivity contribution is 5.95. The van der Waals surface area contributed by atoms with Gasteiger partial charge in [0.15, 0.2) is 0 Å². The molecule has 0 radical (unpaired) electrons. The molecule has 0 heterocycles. The average molecular weight is 471 g/mol. The summed E-state index contributed by atoms with van der Waals surface area (Å²) < 4.78 is 0. The van der Waals surface area contributed by atoms with E-state index in [0.29, 0.717) is 31.5 Å². The van der Waals surface area contributed by atoms with Crippen molar-refractivity contribution in [3.8, 4) is 0 Å². The second-order valence-corrected chi connectivity index (χ2v) is 15.0. The van der Waals surface area contributed by atoms with Gasteiger partial charge in [-0.1, -0.05) is 55.4 Å². The number of hydrogen-bond donors (Lipinski definition) is 1. The van der Waals surface area contributed by atoms with E-state index in [-0.39, 0.29) is 51.5 Å². The van der Waals surface area contributed by atoms with Gasteiger partial charge in [-0.2, -0.15) is 0 Å². The molecule has 0 amide bonds. The minimum absolute atomic E-state index is 0.00518. The molecular weight excluding hydrogens is 424 g/mol. The van der Waals surface area contributed by atoms with Crippen molar-refractivity contribution in [3.63, 3.8) is 0 Å². The van der Waals surface area contributed by atoms with Gasteiger partial charge in [-0.05, 0) is 66.1 Å². The molecule has 0 aliphatic heterocycles. The van der Waals surface area contributed by atoms with Gasteiger partial charge in [-0.25, -0.2) is 0 Å². The Bertz CT molecular complexity index is 967. The van der Waals surface area contributed by atoms with Crippen LogP contribution in [0.4, 0.5) is 0 Å². The van der Waals surface area contributed by atoms with E-state index in [9.17, 15) is 19.5 Å². The monoisotopic (exact) mass is 470 g/mol. The van der Waals surface area contributed by atoms with E-state index < -0.39 is 22.3 Å². The number of carbonyl (C=O) groups excluding carboxylic acids is 3. The number of ketones is 3. The summed E-state index contributed by atoms with van der Waals surface area (Å²) in [6, 6.07) is 0. The summed E-state index contributed by atoms with van der Waals surface area (Å²) in [7, 11) is 0. The van der Waals surface area contributed by atoms with Crippen LogP contribution in [0.15, 0.2) is 0 Å². The summed E-state index contributed by atoms with van der Waals surface area (Å²) in [5, 5.41) is 11.7. The van der Waals surface area contributed by atoms with Crippen molar-refractivity contribution < 1.29 is 19.5 Å². The zero-order valence-electron chi connectivity index (χ0n) is 22.7. The van der Waals surface area contributed by atoms with Crippen molar-refractivity contribution in [2.45, 2.75) is 113 Å². The van der Waals surface area contributed by atoms with Gasteiger partial charge in [0.25, 0.3) is 0 Å². The van der Waals surface area contributed by atoms with Crippen molar-refractivity contribution in [2.75, 3.05) is 0 Å². The maximum atomic E-state index is 14.0. The van der Waals surface area contributed by atoms with Crippen LogP contribution in [0, 0.1) is 56.2 Å². The third-order valence-electron chi connectivity index (χ3n) is 13.6. The molecule has 0 aromatic rings. The summed E-state index contributed by atoms with van der Waals surface area (Å²) >= 11 is 0. The van der Waals surface area contributed by atoms with Crippen LogP contribution in [0.1, 0.15) is 107 Å². The molecule has 34 heavy (non-hydrogen) atoms. The molecule has 0 aromatic heterocycles. The Kier molecular flexibility index (Phi) is 4.96. The fraction of sp³-hybridized carbons (Fsp3) is 0.900. The lowest BCUT2D eigenvalue weighted by Crippen LogP contribution is -2.72. The predicted octanol–water partition coefficient (Wildman–Crippen LogP) is 5.79. The molecule has 1 N–H and O–H groups in total. The maximum absolute atomic E-state index is 14.0. The van der Waals surface area contributed by atoms with Crippen LogP contribution in [0.25, 0.3) is 0 Å². The molecule has 10 atom stereocenters. The second kappa shape index (κ2) is 6.84. The van der Waals surface area contributed by atoms with Crippen molar-refractivity contribution >= 4 is 17.3 Å². The van der Waals surface area contributed by atoms with Crippen LogP contribution in [-0.4, -0.2) is 28.6 Å². The smallest absolute Gasteiger partial charge is 0.140 e. The highest BCUT2D eigenvalue weighted by Crippen LogP contribution is 2.77. The molecule has 5 fully saturated rings. The predicted molar refractivity (Wildman–Crippen MR) is 132 cm³/mol. The van der Waals surface area contributed by atoms with Crippen molar-refractivity contribution in [2.24, 2.45) is 56.2 Å². The Balaban J connectivity index is 1.62. The lowest BCUT2D eigenvalue weighted by atomic mass is 9.29. The topological polar surface area (TPSA) is 71.4 Å². The van der Waals surface area contributed by atoms with Gasteiger partial charge in [-0.3, -0.25) is 14.4 Å². The van der Waals surface area contributed by atoms with E-state index in [2.05, 4.69) is 48.5 Å². The number of carbonyl (C=O) groups is 3. The van der Waals surface area contributed by atoms with Crippen LogP contribution in [0.5, 0.6) is 0 Å². The van der Waals surface area contributed by atoms with E-state index in [1.807, 2.05) is 6.92 Å². The van der Waals surface area contributed by atoms with Crippen molar-refractivity contribution in [3.05, 3.63) is 0 Å². The average Bonchev–Trinajstić information content (AvgIpc) is 2.74. The molecular formula is C30H46O4. The molecule has 5 saturated carbocycles. The molecule has 4 heteroatoms. The number of fused-ring (bicyclic) bond motifs is 7. The summed E-state index contributed by atoms with van der Waals surface area (Å²) in [5.41, 5.74) is -1.62. The standard InChI is InChI=1S/C30H46O4/c1-17-18(31)9-10-19-26(4)11-12-28(6)21-14-25(2,3)23(33)15-27(21,5)24(34)16-29(28,7)20(26)13-22(32)30(17,19)8/h17,19-22,32H,9-16H2,1-8H3/t17-,19-,20-,21+,22+,26-,27-,28-,29+,30+/m0/s1. The maximum Gasteiger partial charge on any atom is 0.140 e. The number of rotatable bonds is 0. The molecule has 0 bridgehead atoms. The highest BCUT2D eigenvalue weighted by atomic mass is 16.3. The first-order valence-corrected chi connectivity index (χ1v) is 13.8. The number of aliphatic hydroxyl groups excluding tert-OH is 1. The fourth-order valence-electron chi connectivity index (χ4n) is 10.8. The summed E-state index contributed by atoms with van der Waals surface area (Å²) in [6.45, 7) is 17.6. The van der Waals surface area contributed by atoms with Crippen molar-refractivity contribution in [1.82, 2.24) is 0 Å². The van der Waals surface area contributed by atoms with Crippen LogP contribution in [-0.2, 0) is 14.4 Å². The largest absolute Gasteiger partial charge is 0.393 e. The molecule has 0 spiro atoms. The quantitative estimate of drug-likeness (QED) is 0.487. The first-order chi connectivity index (χ1) is 15.5. The third-order valence-corrected chi connectivity index (χ3v) is 13.6. The van der Waals surface area contributed by atoms with Crippen LogP contribution < -0.4 is 0 Å². The van der Waals surface area contributed by atoms with Gasteiger partial charge in [0, 0.05) is 41.4 Å². The molecule has 0 aromatic carbocycles. The normalized spacial score (nSPS) is 56.7. The van der Waals surface area contributed by atoms with E-state index in [0.717, 1.165) is 25.7 Å². The van der Waals surface area contributed by atoms with E-state index in [4.69, 9.17) is 0 Å². The Morgan fingerprint density at radius 3 is 2.09 bits per heavy atom. The SMILES string of the molecule is C[C@H]1C(=O)CC[C@H]2[C@]3(C)CC[C@@]4(C)[C@@H]5CC(C)(C)C(=O)C[C@]5(C)C(=O)C[C@]4(C)[C@H]3C[C@@H](O)[C@]12C. The first-order valence-electron chi connectivity index (χ1n) is 13.8. The van der Waals surface area contributed by atoms with Gasteiger partial charge in [0.1, 0.15) is 17.3 Å². The van der Waals surface area contributed by atoms with Crippen LogP contribution in [0.2, 0.25) is 0 Å². The van der Waals surface area contributed by atoms with Gasteiger partial charge in [0.2, 0.25) is 0 Å². The van der Waals surface area contributed by atoms with E-state index >= 15 is 0 Å². The summed E-state index contributed by atoms with van der Waals surface area (Å²) in [4.78, 5) is 39.7. The van der Waals surface area contributed by atoms with Gasteiger partial charge in [0.05, 0.1) is 6.10 Å². The zero-order valence-corrected chi connectivity index (χ0v) is 22.7. The summed E-state index contributed by atoms with van der Waals surface area (Å²) in [5.74, 6) is 1.38. The first kappa shape index (κ1) is 24.7. The molecule has 190 valence electrons. The number of hydrogen-bond acceptors (Lipinski definition) is 4. The lowest BCUT2D eigenvalue weighted by Gasteiger charge is -2.74. The van der Waals surface area contributed by atoms with Crippen LogP contribution in [0.3, 0.4) is 0 Å². The van der Waals surface area contributed by atoms with Gasteiger partial charge < -0.3 is 5.11 Å². The third kappa shape index (κ3) is 2.62. The molecule has 5 rings (SSSR count). The Labute approximate surface area is 206 Å². The number of Topliss-reactive ketones (excluding diaryl/α,β-unsaturated/α-hetero) is 3.